The van der Waals surface area contributed by atoms with Gasteiger partial charge in [0.1, 0.15) is 5.82 Å². The number of carbonyl (C=O) groups is 1. The molecule has 72 valence electrons. The van der Waals surface area contributed by atoms with E-state index in [1.807, 2.05) is 20.8 Å². The van der Waals surface area contributed by atoms with Crippen molar-refractivity contribution in [2.75, 3.05) is 0 Å². The van der Waals surface area contributed by atoms with Gasteiger partial charge >= 0.3 is 0 Å². The van der Waals surface area contributed by atoms with Crippen molar-refractivity contribution in [1.82, 2.24) is 15.3 Å². The van der Waals surface area contributed by atoms with Gasteiger partial charge in [-0.15, -0.1) is 0 Å². The zero-order chi connectivity index (χ0) is 9.84. The second kappa shape index (κ2) is 4.07. The number of carbonyl (C=O) groups excluding carboxylic acids is 1. The van der Waals surface area contributed by atoms with E-state index >= 15 is 0 Å². The standard InChI is InChI=1S/C9H15N3O/c1-6(2)9(13)11-5-8-10-4-7(3)12-8/h4,6H,5H2,1-3H3,(H,10,12)(H,11,13). The van der Waals surface area contributed by atoms with E-state index in [9.17, 15) is 4.79 Å². The summed E-state index contributed by atoms with van der Waals surface area (Å²) in [5.41, 5.74) is 1.01. The summed E-state index contributed by atoms with van der Waals surface area (Å²) in [5, 5.41) is 2.78. The summed E-state index contributed by atoms with van der Waals surface area (Å²) < 4.78 is 0. The monoisotopic (exact) mass is 181 g/mol. The summed E-state index contributed by atoms with van der Waals surface area (Å²) in [6.45, 7) is 6.14. The highest BCUT2D eigenvalue weighted by atomic mass is 16.1. The Kier molecular flexibility index (Phi) is 3.06. The molecule has 1 rings (SSSR count). The van der Waals surface area contributed by atoms with Crippen LogP contribution in [0.3, 0.4) is 0 Å². The molecule has 0 aliphatic heterocycles. The molecule has 4 heteroatoms. The smallest absolute Gasteiger partial charge is 0.222 e. The maximum atomic E-state index is 11.2. The van der Waals surface area contributed by atoms with Crippen LogP contribution in [0.2, 0.25) is 0 Å². The van der Waals surface area contributed by atoms with Crippen molar-refractivity contribution in [2.45, 2.75) is 27.3 Å². The van der Waals surface area contributed by atoms with Gasteiger partial charge in [-0.1, -0.05) is 13.8 Å². The van der Waals surface area contributed by atoms with Crippen LogP contribution < -0.4 is 5.32 Å². The number of nitrogens with one attached hydrogen (secondary N) is 2. The minimum absolute atomic E-state index is 0.0241. The number of imidazole rings is 1. The molecule has 1 aromatic heterocycles. The summed E-state index contributed by atoms with van der Waals surface area (Å²) >= 11 is 0. The van der Waals surface area contributed by atoms with Crippen LogP contribution in [0, 0.1) is 12.8 Å². The van der Waals surface area contributed by atoms with Crippen molar-refractivity contribution in [2.24, 2.45) is 5.92 Å². The summed E-state index contributed by atoms with van der Waals surface area (Å²) in [6.07, 6.45) is 1.75. The fraction of sp³-hybridized carbons (Fsp3) is 0.556. The van der Waals surface area contributed by atoms with Gasteiger partial charge < -0.3 is 10.3 Å². The molecule has 1 aromatic rings. The van der Waals surface area contributed by atoms with E-state index in [2.05, 4.69) is 15.3 Å². The van der Waals surface area contributed by atoms with Crippen LogP contribution in [0.5, 0.6) is 0 Å². The molecular formula is C9H15N3O. The largest absolute Gasteiger partial charge is 0.349 e. The molecule has 1 heterocycles. The first-order valence-electron chi connectivity index (χ1n) is 4.38. The van der Waals surface area contributed by atoms with Crippen molar-refractivity contribution in [3.63, 3.8) is 0 Å². The highest BCUT2D eigenvalue weighted by Crippen LogP contribution is 1.96. The minimum atomic E-state index is 0.0241. The number of H-pyrrole nitrogens is 1. The zero-order valence-corrected chi connectivity index (χ0v) is 8.22. The summed E-state index contributed by atoms with van der Waals surface area (Å²) in [5.74, 6) is 0.872. The molecule has 4 nitrogen and oxygen atoms in total. The number of aromatic nitrogens is 2. The lowest BCUT2D eigenvalue weighted by Crippen LogP contribution is -2.27. The topological polar surface area (TPSA) is 57.8 Å². The maximum Gasteiger partial charge on any atom is 0.222 e. The Labute approximate surface area is 77.8 Å². The Bertz CT molecular complexity index is 291. The molecule has 0 unspecified atom stereocenters. The number of nitrogens with zero attached hydrogens (tertiary/aromatic N) is 1. The van der Waals surface area contributed by atoms with E-state index in [1.54, 1.807) is 6.20 Å². The summed E-state index contributed by atoms with van der Waals surface area (Å²) in [4.78, 5) is 18.3. The Balaban J connectivity index is 2.39. The molecule has 0 bridgehead atoms. The molecular weight excluding hydrogens is 166 g/mol. The van der Waals surface area contributed by atoms with Crippen LogP contribution in [-0.2, 0) is 11.3 Å². The molecule has 2 N–H and O–H groups in total. The molecule has 0 saturated heterocycles. The van der Waals surface area contributed by atoms with Gasteiger partial charge in [0.05, 0.1) is 6.54 Å². The van der Waals surface area contributed by atoms with Crippen LogP contribution in [-0.4, -0.2) is 15.9 Å². The van der Waals surface area contributed by atoms with Crippen LogP contribution in [0.1, 0.15) is 25.4 Å². The van der Waals surface area contributed by atoms with Gasteiger partial charge in [0.2, 0.25) is 5.91 Å². The van der Waals surface area contributed by atoms with E-state index < -0.39 is 0 Å². The van der Waals surface area contributed by atoms with Crippen molar-refractivity contribution in [3.05, 3.63) is 17.7 Å². The first-order chi connectivity index (χ1) is 6.09. The predicted molar refractivity (Wildman–Crippen MR) is 50.0 cm³/mol. The predicted octanol–water partition coefficient (Wildman–Crippen LogP) is 0.990. The van der Waals surface area contributed by atoms with Crippen LogP contribution >= 0.6 is 0 Å². The third kappa shape index (κ3) is 2.89. The number of hydrogen-bond donors (Lipinski definition) is 2. The molecule has 0 fully saturated rings. The van der Waals surface area contributed by atoms with E-state index in [0.717, 1.165) is 11.5 Å². The Hall–Kier alpha value is -1.32. The minimum Gasteiger partial charge on any atom is -0.349 e. The average Bonchev–Trinajstić information content (AvgIpc) is 2.47. The Morgan fingerprint density at radius 3 is 2.85 bits per heavy atom. The first kappa shape index (κ1) is 9.77. The lowest BCUT2D eigenvalue weighted by Gasteiger charge is -2.04. The number of hydrogen-bond acceptors (Lipinski definition) is 2. The van der Waals surface area contributed by atoms with Gasteiger partial charge in [0.25, 0.3) is 0 Å². The Morgan fingerprint density at radius 2 is 2.38 bits per heavy atom. The number of rotatable bonds is 3. The van der Waals surface area contributed by atoms with E-state index in [0.29, 0.717) is 6.54 Å². The number of amides is 1. The third-order valence-electron chi connectivity index (χ3n) is 1.71. The van der Waals surface area contributed by atoms with Gasteiger partial charge in [-0.05, 0) is 6.92 Å². The van der Waals surface area contributed by atoms with E-state index in [-0.39, 0.29) is 11.8 Å². The van der Waals surface area contributed by atoms with Crippen molar-refractivity contribution < 1.29 is 4.79 Å². The summed E-state index contributed by atoms with van der Waals surface area (Å²) in [7, 11) is 0. The number of aryl methyl sites for hydroxylation is 1. The van der Waals surface area contributed by atoms with Gasteiger partial charge in [-0.3, -0.25) is 4.79 Å². The first-order valence-corrected chi connectivity index (χ1v) is 4.38. The maximum absolute atomic E-state index is 11.2. The molecule has 0 aromatic carbocycles. The SMILES string of the molecule is Cc1cnc(CNC(=O)C(C)C)[nH]1. The van der Waals surface area contributed by atoms with Gasteiger partial charge in [-0.25, -0.2) is 4.98 Å². The second-order valence-corrected chi connectivity index (χ2v) is 3.39. The molecule has 0 radical (unpaired) electrons. The molecule has 0 saturated carbocycles. The van der Waals surface area contributed by atoms with Crippen LogP contribution in [0.15, 0.2) is 6.20 Å². The lowest BCUT2D eigenvalue weighted by atomic mass is 10.2. The lowest BCUT2D eigenvalue weighted by molar-refractivity contribution is -0.124. The number of aromatic amines is 1. The highest BCUT2D eigenvalue weighted by molar-refractivity contribution is 5.77. The van der Waals surface area contributed by atoms with Crippen molar-refractivity contribution >= 4 is 5.91 Å². The molecule has 0 atom stereocenters. The summed E-state index contributed by atoms with van der Waals surface area (Å²) in [6, 6.07) is 0. The molecule has 13 heavy (non-hydrogen) atoms. The quantitative estimate of drug-likeness (QED) is 0.730. The normalized spacial score (nSPS) is 10.5. The van der Waals surface area contributed by atoms with Crippen molar-refractivity contribution in [1.29, 1.82) is 0 Å². The second-order valence-electron chi connectivity index (χ2n) is 3.39. The fourth-order valence-corrected chi connectivity index (χ4v) is 0.932. The fourth-order valence-electron chi connectivity index (χ4n) is 0.932. The van der Waals surface area contributed by atoms with E-state index in [1.165, 1.54) is 0 Å². The molecule has 1 amide bonds. The van der Waals surface area contributed by atoms with Gasteiger partial charge in [-0.2, -0.15) is 0 Å². The molecule has 0 spiro atoms. The highest BCUT2D eigenvalue weighted by Gasteiger charge is 2.06. The van der Waals surface area contributed by atoms with E-state index in [4.69, 9.17) is 0 Å². The Morgan fingerprint density at radius 1 is 1.69 bits per heavy atom. The van der Waals surface area contributed by atoms with Gasteiger partial charge in [0, 0.05) is 17.8 Å². The average molecular weight is 181 g/mol. The zero-order valence-electron chi connectivity index (χ0n) is 8.22. The molecule has 0 aliphatic rings. The van der Waals surface area contributed by atoms with Gasteiger partial charge in [0.15, 0.2) is 0 Å². The van der Waals surface area contributed by atoms with Crippen LogP contribution in [0.25, 0.3) is 0 Å². The third-order valence-corrected chi connectivity index (χ3v) is 1.71. The van der Waals surface area contributed by atoms with Crippen LogP contribution in [0.4, 0.5) is 0 Å². The van der Waals surface area contributed by atoms with Crippen molar-refractivity contribution in [3.8, 4) is 0 Å². The molecule has 0 aliphatic carbocycles.